The lowest BCUT2D eigenvalue weighted by atomic mass is 10.1. The van der Waals surface area contributed by atoms with Crippen LogP contribution in [0.4, 0.5) is 5.82 Å². The number of nitrogens with zero attached hydrogens (tertiary/aromatic N) is 2. The quantitative estimate of drug-likeness (QED) is 0.548. The Kier molecular flexibility index (Phi) is 2.34. The van der Waals surface area contributed by atoms with Crippen molar-refractivity contribution in [3.05, 3.63) is 40.9 Å². The van der Waals surface area contributed by atoms with Crippen LogP contribution < -0.4 is 0 Å². The van der Waals surface area contributed by atoms with Crippen molar-refractivity contribution in [3.8, 4) is 11.8 Å². The summed E-state index contributed by atoms with van der Waals surface area (Å²) >= 11 is 0. The summed E-state index contributed by atoms with van der Waals surface area (Å²) in [6, 6.07) is 7.60. The van der Waals surface area contributed by atoms with Gasteiger partial charge in [-0.2, -0.15) is 0 Å². The molecule has 0 aliphatic heterocycles. The minimum absolute atomic E-state index is 0.213. The maximum Gasteiger partial charge on any atom is 0.197 e. The van der Waals surface area contributed by atoms with Gasteiger partial charge < -0.3 is 0 Å². The third-order valence-corrected chi connectivity index (χ3v) is 2.80. The van der Waals surface area contributed by atoms with Crippen molar-refractivity contribution < 1.29 is 0 Å². The first kappa shape index (κ1) is 9.98. The van der Waals surface area contributed by atoms with E-state index in [1.54, 1.807) is 12.3 Å². The Labute approximate surface area is 98.8 Å². The van der Waals surface area contributed by atoms with Gasteiger partial charge in [0.05, 0.1) is 0 Å². The van der Waals surface area contributed by atoms with Crippen molar-refractivity contribution in [2.24, 2.45) is 11.1 Å². The second-order valence-electron chi connectivity index (χ2n) is 4.24. The lowest BCUT2D eigenvalue weighted by Gasteiger charge is -1.98. The van der Waals surface area contributed by atoms with Crippen LogP contribution in [0.2, 0.25) is 0 Å². The van der Waals surface area contributed by atoms with E-state index in [1.807, 2.05) is 18.2 Å². The predicted molar refractivity (Wildman–Crippen MR) is 66.8 cm³/mol. The van der Waals surface area contributed by atoms with Gasteiger partial charge in [-0.05, 0) is 41.6 Å². The second-order valence-corrected chi connectivity index (χ2v) is 4.24. The number of rotatable bonds is 1. The zero-order valence-corrected chi connectivity index (χ0v) is 9.18. The first-order valence-corrected chi connectivity index (χ1v) is 5.60. The van der Waals surface area contributed by atoms with Crippen LogP contribution in [0, 0.1) is 22.7 Å². The van der Waals surface area contributed by atoms with Crippen LogP contribution in [0.1, 0.15) is 18.4 Å². The topological polar surface area (TPSA) is 42.3 Å². The standard InChI is InChI=1S/C14H10N2O/c17-16-14-8-13-7-11(4-3-10-1-2-10)5-6-12(13)9-15-14/h5-10H,1-2H2. The van der Waals surface area contributed by atoms with Gasteiger partial charge >= 0.3 is 0 Å². The molecule has 0 spiro atoms. The zero-order valence-electron chi connectivity index (χ0n) is 9.18. The fourth-order valence-electron chi connectivity index (χ4n) is 1.67. The Morgan fingerprint density at radius 3 is 2.88 bits per heavy atom. The third kappa shape index (κ3) is 2.16. The Morgan fingerprint density at radius 2 is 2.12 bits per heavy atom. The van der Waals surface area contributed by atoms with Crippen molar-refractivity contribution >= 4 is 16.6 Å². The summed E-state index contributed by atoms with van der Waals surface area (Å²) in [5.74, 6) is 7.18. The maximum atomic E-state index is 10.4. The van der Waals surface area contributed by atoms with Crippen molar-refractivity contribution in [1.82, 2.24) is 4.98 Å². The fourth-order valence-corrected chi connectivity index (χ4v) is 1.67. The minimum Gasteiger partial charge on any atom is -0.234 e. The fraction of sp³-hybridized carbons (Fsp3) is 0.214. The number of hydrogen-bond donors (Lipinski definition) is 0. The van der Waals surface area contributed by atoms with Gasteiger partial charge in [0.2, 0.25) is 0 Å². The molecule has 0 N–H and O–H groups in total. The molecule has 3 nitrogen and oxygen atoms in total. The van der Waals surface area contributed by atoms with Gasteiger partial charge in [0.1, 0.15) is 0 Å². The van der Waals surface area contributed by atoms with Crippen molar-refractivity contribution in [1.29, 1.82) is 0 Å². The van der Waals surface area contributed by atoms with E-state index in [-0.39, 0.29) is 5.82 Å². The molecule has 17 heavy (non-hydrogen) atoms. The van der Waals surface area contributed by atoms with Gasteiger partial charge in [-0.3, -0.25) is 0 Å². The summed E-state index contributed by atoms with van der Waals surface area (Å²) in [5.41, 5.74) is 0.979. The van der Waals surface area contributed by atoms with E-state index in [2.05, 4.69) is 22.0 Å². The molecule has 1 saturated carbocycles. The number of aromatic nitrogens is 1. The molecule has 1 aromatic carbocycles. The average Bonchev–Trinajstić information content (AvgIpc) is 3.19. The predicted octanol–water partition coefficient (Wildman–Crippen LogP) is 3.39. The van der Waals surface area contributed by atoms with E-state index in [9.17, 15) is 4.91 Å². The molecule has 2 aromatic rings. The summed E-state index contributed by atoms with van der Waals surface area (Å²) in [7, 11) is 0. The highest BCUT2D eigenvalue weighted by Gasteiger charge is 2.17. The summed E-state index contributed by atoms with van der Waals surface area (Å²) < 4.78 is 0. The summed E-state index contributed by atoms with van der Waals surface area (Å²) in [6.07, 6.45) is 4.11. The largest absolute Gasteiger partial charge is 0.234 e. The number of nitroso groups, excluding NO2 is 1. The van der Waals surface area contributed by atoms with Crippen LogP contribution in [-0.4, -0.2) is 4.98 Å². The number of pyridine rings is 1. The maximum absolute atomic E-state index is 10.4. The molecular weight excluding hydrogens is 212 g/mol. The Morgan fingerprint density at radius 1 is 1.24 bits per heavy atom. The summed E-state index contributed by atoms with van der Waals surface area (Å²) in [4.78, 5) is 14.3. The molecule has 0 saturated heterocycles. The first-order chi connectivity index (χ1) is 8.35. The third-order valence-electron chi connectivity index (χ3n) is 2.80. The second kappa shape index (κ2) is 3.99. The lowest BCUT2D eigenvalue weighted by Crippen LogP contribution is -1.80. The van der Waals surface area contributed by atoms with Gasteiger partial charge in [-0.15, -0.1) is 4.91 Å². The van der Waals surface area contributed by atoms with Gasteiger partial charge in [0.15, 0.2) is 5.82 Å². The minimum atomic E-state index is 0.213. The molecule has 3 rings (SSSR count). The van der Waals surface area contributed by atoms with Gasteiger partial charge in [-0.25, -0.2) is 4.98 Å². The molecule has 0 bridgehead atoms. The molecule has 1 aliphatic rings. The SMILES string of the molecule is O=Nc1cc2cc(C#CC3CC3)ccc2cn1. The molecule has 0 atom stereocenters. The van der Waals surface area contributed by atoms with E-state index in [0.29, 0.717) is 5.92 Å². The van der Waals surface area contributed by atoms with E-state index >= 15 is 0 Å². The van der Waals surface area contributed by atoms with Crippen molar-refractivity contribution in [2.45, 2.75) is 12.8 Å². The summed E-state index contributed by atoms with van der Waals surface area (Å²) in [5, 5.41) is 4.79. The van der Waals surface area contributed by atoms with Crippen LogP contribution in [0.15, 0.2) is 35.6 Å². The van der Waals surface area contributed by atoms with E-state index in [4.69, 9.17) is 0 Å². The van der Waals surface area contributed by atoms with Crippen molar-refractivity contribution in [2.75, 3.05) is 0 Å². The zero-order chi connectivity index (χ0) is 11.7. The monoisotopic (exact) mass is 222 g/mol. The van der Waals surface area contributed by atoms with Gasteiger partial charge in [-0.1, -0.05) is 17.9 Å². The van der Waals surface area contributed by atoms with Crippen LogP contribution in [0.5, 0.6) is 0 Å². The van der Waals surface area contributed by atoms with Crippen LogP contribution in [0.3, 0.4) is 0 Å². The molecule has 0 amide bonds. The van der Waals surface area contributed by atoms with E-state index in [0.717, 1.165) is 16.3 Å². The van der Waals surface area contributed by atoms with Crippen LogP contribution in [0.25, 0.3) is 10.8 Å². The Hall–Kier alpha value is -2.21. The van der Waals surface area contributed by atoms with Crippen LogP contribution >= 0.6 is 0 Å². The normalized spacial score (nSPS) is 14.1. The lowest BCUT2D eigenvalue weighted by molar-refractivity contribution is 1.18. The molecule has 0 radical (unpaired) electrons. The smallest absolute Gasteiger partial charge is 0.197 e. The molecule has 1 fully saturated rings. The Balaban J connectivity index is 2.04. The van der Waals surface area contributed by atoms with Gasteiger partial charge in [0, 0.05) is 23.1 Å². The molecule has 82 valence electrons. The number of hydrogen-bond acceptors (Lipinski definition) is 3. The van der Waals surface area contributed by atoms with E-state index in [1.165, 1.54) is 12.8 Å². The molecular formula is C14H10N2O. The van der Waals surface area contributed by atoms with E-state index < -0.39 is 0 Å². The number of fused-ring (bicyclic) bond motifs is 1. The molecule has 3 heteroatoms. The Bertz CT molecular complexity index is 648. The molecule has 1 aromatic heterocycles. The van der Waals surface area contributed by atoms with Crippen LogP contribution in [-0.2, 0) is 0 Å². The first-order valence-electron chi connectivity index (χ1n) is 5.60. The molecule has 1 aliphatic carbocycles. The summed E-state index contributed by atoms with van der Waals surface area (Å²) in [6.45, 7) is 0. The highest BCUT2D eigenvalue weighted by atomic mass is 16.3. The molecule has 1 heterocycles. The highest BCUT2D eigenvalue weighted by Crippen LogP contribution is 2.27. The molecule has 0 unspecified atom stereocenters. The van der Waals surface area contributed by atoms with Crippen molar-refractivity contribution in [3.63, 3.8) is 0 Å². The highest BCUT2D eigenvalue weighted by molar-refractivity contribution is 5.84. The number of benzene rings is 1. The average molecular weight is 222 g/mol. The van der Waals surface area contributed by atoms with Gasteiger partial charge in [0.25, 0.3) is 0 Å².